The number of fused-ring (bicyclic) bond motifs is 5. The zero-order valence-electron chi connectivity index (χ0n) is 16.9. The second kappa shape index (κ2) is 6.75. The molecule has 3 heteroatoms. The predicted molar refractivity (Wildman–Crippen MR) is 115 cm³/mol. The van der Waals surface area contributed by atoms with E-state index in [0.717, 1.165) is 13.0 Å². The third-order valence-corrected chi connectivity index (χ3v) is 7.32. The summed E-state index contributed by atoms with van der Waals surface area (Å²) in [6, 6.07) is 19.9. The summed E-state index contributed by atoms with van der Waals surface area (Å²) in [4.78, 5) is 2.73. The molecule has 2 aliphatic rings. The van der Waals surface area contributed by atoms with Crippen molar-refractivity contribution in [1.29, 1.82) is 0 Å². The lowest BCUT2D eigenvalue weighted by Crippen LogP contribution is -2.59. The molecule has 2 aromatic carbocycles. The Morgan fingerprint density at radius 1 is 1.04 bits per heavy atom. The molecule has 1 saturated heterocycles. The third-order valence-electron chi connectivity index (χ3n) is 7.32. The fourth-order valence-electron chi connectivity index (χ4n) is 6.11. The topological polar surface area (TPSA) is 28.4 Å². The van der Waals surface area contributed by atoms with E-state index in [2.05, 4.69) is 78.0 Å². The van der Waals surface area contributed by atoms with Crippen molar-refractivity contribution in [2.45, 2.75) is 50.1 Å². The molecule has 3 aromatic rings. The van der Waals surface area contributed by atoms with Gasteiger partial charge in [0.2, 0.25) is 0 Å². The monoisotopic (exact) mass is 374 g/mol. The van der Waals surface area contributed by atoms with Crippen LogP contribution in [0.25, 0.3) is 10.9 Å². The summed E-state index contributed by atoms with van der Waals surface area (Å²) in [5.74, 6) is 0.146. The number of aromatic nitrogens is 1. The molecule has 3 atom stereocenters. The van der Waals surface area contributed by atoms with Gasteiger partial charge in [0.1, 0.15) is 0 Å². The Balaban J connectivity index is 1.74. The lowest BCUT2D eigenvalue weighted by Gasteiger charge is -2.55. The van der Waals surface area contributed by atoms with Crippen molar-refractivity contribution in [3.05, 3.63) is 71.4 Å². The van der Waals surface area contributed by atoms with Crippen LogP contribution in [0, 0.1) is 0 Å². The summed E-state index contributed by atoms with van der Waals surface area (Å²) >= 11 is 0. The number of aliphatic hydroxyl groups is 1. The number of nitrogens with zero attached hydrogens (tertiary/aromatic N) is 2. The van der Waals surface area contributed by atoms with Crippen LogP contribution in [0.1, 0.15) is 48.9 Å². The first-order valence-corrected chi connectivity index (χ1v) is 10.6. The molecule has 2 aliphatic heterocycles. The van der Waals surface area contributed by atoms with E-state index in [4.69, 9.17) is 0 Å². The lowest BCUT2D eigenvalue weighted by atomic mass is 9.71. The maximum absolute atomic E-state index is 10.6. The van der Waals surface area contributed by atoms with Gasteiger partial charge in [0.05, 0.1) is 12.1 Å². The minimum absolute atomic E-state index is 0.0342. The molecule has 3 nitrogen and oxygen atoms in total. The van der Waals surface area contributed by atoms with Crippen LogP contribution in [0.15, 0.2) is 54.6 Å². The first-order chi connectivity index (χ1) is 13.6. The van der Waals surface area contributed by atoms with Crippen molar-refractivity contribution < 1.29 is 5.11 Å². The van der Waals surface area contributed by atoms with E-state index < -0.39 is 0 Å². The normalized spacial score (nSPS) is 27.5. The average molecular weight is 375 g/mol. The molecule has 5 rings (SSSR count). The Bertz CT molecular complexity index is 992. The molecule has 2 unspecified atom stereocenters. The average Bonchev–Trinajstić information content (AvgIpc) is 3.03. The van der Waals surface area contributed by atoms with E-state index in [9.17, 15) is 5.11 Å². The zero-order valence-corrected chi connectivity index (χ0v) is 16.9. The molecule has 28 heavy (non-hydrogen) atoms. The molecule has 1 N–H and O–H groups in total. The molecule has 1 aromatic heterocycles. The Kier molecular flexibility index (Phi) is 4.33. The number of benzene rings is 2. The SMILES string of the molecule is Cn1c2c(c3ccccc31)C(CO)C(Cc1ccccc1)N1CCCC[C@@]21C. The molecule has 1 fully saturated rings. The van der Waals surface area contributed by atoms with Crippen LogP contribution in [-0.4, -0.2) is 33.8 Å². The van der Waals surface area contributed by atoms with Gasteiger partial charge in [-0.1, -0.05) is 48.5 Å². The first-order valence-electron chi connectivity index (χ1n) is 10.6. The molecule has 0 spiro atoms. The first kappa shape index (κ1) is 18.0. The molecular formula is C25H30N2O. The van der Waals surface area contributed by atoms with E-state index in [1.807, 2.05) is 0 Å². The van der Waals surface area contributed by atoms with Gasteiger partial charge in [-0.05, 0) is 56.3 Å². The quantitative estimate of drug-likeness (QED) is 0.727. The Labute approximate surface area is 167 Å². The highest BCUT2D eigenvalue weighted by Gasteiger charge is 2.50. The van der Waals surface area contributed by atoms with E-state index in [-0.39, 0.29) is 18.1 Å². The summed E-state index contributed by atoms with van der Waals surface area (Å²) in [5, 5.41) is 11.9. The second-order valence-corrected chi connectivity index (χ2v) is 8.81. The van der Waals surface area contributed by atoms with Crippen LogP contribution in [0.5, 0.6) is 0 Å². The van der Waals surface area contributed by atoms with Gasteiger partial charge in [-0.25, -0.2) is 0 Å². The van der Waals surface area contributed by atoms with Crippen LogP contribution in [-0.2, 0) is 19.0 Å². The summed E-state index contributed by atoms with van der Waals surface area (Å²) in [7, 11) is 2.21. The number of aliphatic hydroxyl groups excluding tert-OH is 1. The van der Waals surface area contributed by atoms with Crippen molar-refractivity contribution in [2.24, 2.45) is 7.05 Å². The number of hydrogen-bond donors (Lipinski definition) is 1. The maximum Gasteiger partial charge on any atom is 0.0590 e. The van der Waals surface area contributed by atoms with Crippen molar-refractivity contribution >= 4 is 10.9 Å². The number of hydrogen-bond acceptors (Lipinski definition) is 2. The van der Waals surface area contributed by atoms with Crippen LogP contribution in [0.4, 0.5) is 0 Å². The second-order valence-electron chi connectivity index (χ2n) is 8.81. The molecule has 0 saturated carbocycles. The van der Waals surface area contributed by atoms with Gasteiger partial charge in [-0.2, -0.15) is 0 Å². The zero-order chi connectivity index (χ0) is 19.3. The van der Waals surface area contributed by atoms with E-state index in [1.54, 1.807) is 0 Å². The molecular weight excluding hydrogens is 344 g/mol. The van der Waals surface area contributed by atoms with Gasteiger partial charge >= 0.3 is 0 Å². The Hall–Kier alpha value is -2.10. The summed E-state index contributed by atoms with van der Waals surface area (Å²) in [6.45, 7) is 3.76. The number of para-hydroxylation sites is 1. The van der Waals surface area contributed by atoms with Crippen LogP contribution in [0.2, 0.25) is 0 Å². The van der Waals surface area contributed by atoms with Gasteiger partial charge in [-0.15, -0.1) is 0 Å². The van der Waals surface area contributed by atoms with Crippen molar-refractivity contribution in [3.63, 3.8) is 0 Å². The fourth-order valence-corrected chi connectivity index (χ4v) is 6.11. The standard InChI is InChI=1S/C25H30N2O/c1-25-14-8-9-15-27(25)22(16-18-10-4-3-5-11-18)20(17-28)23-19-12-6-7-13-21(19)26(2)24(23)25/h3-7,10-13,20,22,28H,8-9,14-17H2,1-2H3/t20?,22?,25-/m0/s1. The highest BCUT2D eigenvalue weighted by atomic mass is 16.3. The van der Waals surface area contributed by atoms with E-state index in [1.165, 1.54) is 47.0 Å². The van der Waals surface area contributed by atoms with Gasteiger partial charge in [-0.3, -0.25) is 4.90 Å². The van der Waals surface area contributed by atoms with Crippen LogP contribution < -0.4 is 0 Å². The van der Waals surface area contributed by atoms with Gasteiger partial charge in [0.25, 0.3) is 0 Å². The number of aryl methyl sites for hydroxylation is 1. The molecule has 3 heterocycles. The molecule has 146 valence electrons. The number of rotatable bonds is 3. The highest BCUT2D eigenvalue weighted by molar-refractivity contribution is 5.87. The minimum Gasteiger partial charge on any atom is -0.396 e. The predicted octanol–water partition coefficient (Wildman–Crippen LogP) is 4.58. The fraction of sp³-hybridized carbons (Fsp3) is 0.440. The Morgan fingerprint density at radius 2 is 1.79 bits per heavy atom. The number of piperidine rings is 1. The van der Waals surface area contributed by atoms with E-state index >= 15 is 0 Å². The highest BCUT2D eigenvalue weighted by Crippen LogP contribution is 2.51. The van der Waals surface area contributed by atoms with Crippen LogP contribution in [0.3, 0.4) is 0 Å². The van der Waals surface area contributed by atoms with E-state index in [0.29, 0.717) is 6.04 Å². The van der Waals surface area contributed by atoms with Crippen molar-refractivity contribution in [2.75, 3.05) is 13.2 Å². The molecule has 0 aliphatic carbocycles. The molecule has 0 bridgehead atoms. The summed E-state index contributed by atoms with van der Waals surface area (Å²) in [6.07, 6.45) is 4.70. The van der Waals surface area contributed by atoms with Crippen LogP contribution >= 0.6 is 0 Å². The van der Waals surface area contributed by atoms with Crippen molar-refractivity contribution in [1.82, 2.24) is 9.47 Å². The summed E-state index contributed by atoms with van der Waals surface area (Å²) < 4.78 is 2.41. The third kappa shape index (κ3) is 2.49. The molecule has 0 radical (unpaired) electrons. The smallest absolute Gasteiger partial charge is 0.0590 e. The van der Waals surface area contributed by atoms with Gasteiger partial charge in [0.15, 0.2) is 0 Å². The molecule has 0 amide bonds. The van der Waals surface area contributed by atoms with Gasteiger partial charge in [0, 0.05) is 35.6 Å². The van der Waals surface area contributed by atoms with Gasteiger partial charge < -0.3 is 9.67 Å². The largest absolute Gasteiger partial charge is 0.396 e. The van der Waals surface area contributed by atoms with Crippen molar-refractivity contribution in [3.8, 4) is 0 Å². The lowest BCUT2D eigenvalue weighted by molar-refractivity contribution is -0.0212. The Morgan fingerprint density at radius 3 is 2.57 bits per heavy atom. The minimum atomic E-state index is 0.0342. The summed E-state index contributed by atoms with van der Waals surface area (Å²) in [5.41, 5.74) is 5.51. The maximum atomic E-state index is 10.6.